The molecule has 2 N–H and O–H groups in total. The highest BCUT2D eigenvalue weighted by Crippen LogP contribution is 2.26. The van der Waals surface area contributed by atoms with Gasteiger partial charge in [0.2, 0.25) is 0 Å². The maximum absolute atomic E-state index is 4.43. The number of aromatic amines is 1. The molecule has 2 aromatic rings. The van der Waals surface area contributed by atoms with Crippen molar-refractivity contribution in [3.05, 3.63) is 18.6 Å². The molecule has 2 unspecified atom stereocenters. The highest BCUT2D eigenvalue weighted by molar-refractivity contribution is 5.87. The van der Waals surface area contributed by atoms with Crippen LogP contribution in [0.15, 0.2) is 18.6 Å². The first-order valence-electron chi connectivity index (χ1n) is 9.13. The van der Waals surface area contributed by atoms with E-state index < -0.39 is 0 Å². The lowest BCUT2D eigenvalue weighted by molar-refractivity contribution is 0.313. The summed E-state index contributed by atoms with van der Waals surface area (Å²) in [7, 11) is 8.55. The normalized spacial score (nSPS) is 23.5. The number of hydrogen-bond acceptors (Lipinski definition) is 6. The maximum Gasteiger partial charge on any atom is 0.142 e. The first-order chi connectivity index (χ1) is 12.1. The number of likely N-dealkylation sites (N-methyl/N-ethyl adjacent to an activating group) is 2. The number of H-pyrrole nitrogens is 1. The van der Waals surface area contributed by atoms with Crippen LogP contribution in [0.2, 0.25) is 0 Å². The third-order valence-electron chi connectivity index (χ3n) is 5.29. The molecule has 2 aromatic heterocycles. The predicted octanol–water partition coefficient (Wildman–Crippen LogP) is 1.01. The van der Waals surface area contributed by atoms with Crippen LogP contribution in [0.5, 0.6) is 0 Å². The molecule has 0 aliphatic carbocycles. The second-order valence-electron chi connectivity index (χ2n) is 7.40. The Morgan fingerprint density at radius 3 is 2.48 bits per heavy atom. The molecule has 2 aliphatic heterocycles. The van der Waals surface area contributed by atoms with E-state index in [1.54, 1.807) is 6.33 Å². The van der Waals surface area contributed by atoms with Gasteiger partial charge in [-0.1, -0.05) is 0 Å². The molecule has 2 atom stereocenters. The van der Waals surface area contributed by atoms with E-state index in [4.69, 9.17) is 0 Å². The summed E-state index contributed by atoms with van der Waals surface area (Å²) >= 11 is 0. The highest BCUT2D eigenvalue weighted by atomic mass is 15.3. The summed E-state index contributed by atoms with van der Waals surface area (Å²) in [5, 5.41) is 4.43. The van der Waals surface area contributed by atoms with Crippen LogP contribution in [0, 0.1) is 0 Å². The van der Waals surface area contributed by atoms with E-state index in [0.717, 1.165) is 36.0 Å². The van der Waals surface area contributed by atoms with Crippen LogP contribution >= 0.6 is 0 Å². The largest absolute Gasteiger partial charge is 0.354 e. The lowest BCUT2D eigenvalue weighted by Gasteiger charge is -2.21. The maximum atomic E-state index is 4.43. The van der Waals surface area contributed by atoms with Crippen LogP contribution < -0.4 is 10.2 Å². The van der Waals surface area contributed by atoms with Gasteiger partial charge in [0.15, 0.2) is 0 Å². The molecule has 7 nitrogen and oxygen atoms in total. The van der Waals surface area contributed by atoms with Crippen molar-refractivity contribution in [2.45, 2.75) is 24.9 Å². The van der Waals surface area contributed by atoms with Crippen LogP contribution in [0.25, 0.3) is 11.0 Å². The lowest BCUT2D eigenvalue weighted by Crippen LogP contribution is -2.31. The molecule has 2 aliphatic rings. The van der Waals surface area contributed by atoms with Gasteiger partial charge in [-0.2, -0.15) is 0 Å². The minimum Gasteiger partial charge on any atom is -0.354 e. The summed E-state index contributed by atoms with van der Waals surface area (Å²) in [4.78, 5) is 18.7. The summed E-state index contributed by atoms with van der Waals surface area (Å²) in [5.74, 6) is 1.06. The average molecular weight is 345 g/mol. The van der Waals surface area contributed by atoms with E-state index in [1.807, 2.05) is 12.3 Å². The predicted molar refractivity (Wildman–Crippen MR) is 103 cm³/mol. The Labute approximate surface area is 150 Å². The van der Waals surface area contributed by atoms with Crippen LogP contribution in [-0.2, 0) is 0 Å². The number of nitrogens with one attached hydrogen (secondary N) is 2. The molecule has 2 fully saturated rings. The lowest BCUT2D eigenvalue weighted by atomic mass is 10.2. The zero-order valence-corrected chi connectivity index (χ0v) is 15.9. The Hall–Kier alpha value is -1.70. The summed E-state index contributed by atoms with van der Waals surface area (Å²) in [6.45, 7) is 4.49. The second kappa shape index (κ2) is 8.12. The van der Waals surface area contributed by atoms with Gasteiger partial charge in [0.1, 0.15) is 17.8 Å². The van der Waals surface area contributed by atoms with Gasteiger partial charge in [-0.15, -0.1) is 0 Å². The molecule has 138 valence electrons. The smallest absolute Gasteiger partial charge is 0.142 e. The molecule has 25 heavy (non-hydrogen) atoms. The van der Waals surface area contributed by atoms with Crippen molar-refractivity contribution in [2.24, 2.45) is 0 Å². The van der Waals surface area contributed by atoms with Crippen molar-refractivity contribution in [1.82, 2.24) is 30.1 Å². The second-order valence-corrected chi connectivity index (χ2v) is 7.40. The molecule has 0 aromatic carbocycles. The Morgan fingerprint density at radius 2 is 1.88 bits per heavy atom. The fourth-order valence-electron chi connectivity index (χ4n) is 3.55. The Bertz CT molecular complexity index is 660. The highest BCUT2D eigenvalue weighted by Gasteiger charge is 2.26. The Balaban J connectivity index is 0.000000192. The van der Waals surface area contributed by atoms with Gasteiger partial charge in [0.05, 0.1) is 5.39 Å². The summed E-state index contributed by atoms with van der Waals surface area (Å²) in [6, 6.07) is 3.46. The molecular formula is C18H31N7. The molecule has 0 amide bonds. The first-order valence-corrected chi connectivity index (χ1v) is 9.13. The van der Waals surface area contributed by atoms with E-state index in [2.05, 4.69) is 63.2 Å². The van der Waals surface area contributed by atoms with Crippen molar-refractivity contribution < 1.29 is 0 Å². The number of anilines is 1. The van der Waals surface area contributed by atoms with Crippen LogP contribution in [0.1, 0.15) is 12.8 Å². The van der Waals surface area contributed by atoms with E-state index in [-0.39, 0.29) is 0 Å². The fourth-order valence-corrected chi connectivity index (χ4v) is 3.55. The Morgan fingerprint density at radius 1 is 1.08 bits per heavy atom. The molecule has 4 heterocycles. The van der Waals surface area contributed by atoms with E-state index in [0.29, 0.717) is 6.04 Å². The van der Waals surface area contributed by atoms with Crippen LogP contribution in [-0.4, -0.2) is 91.2 Å². The van der Waals surface area contributed by atoms with Crippen molar-refractivity contribution >= 4 is 16.9 Å². The van der Waals surface area contributed by atoms with Gasteiger partial charge in [-0.3, -0.25) is 0 Å². The number of fused-ring (bicyclic) bond motifs is 1. The van der Waals surface area contributed by atoms with Crippen LogP contribution in [0.4, 0.5) is 5.82 Å². The molecule has 0 spiro atoms. The van der Waals surface area contributed by atoms with Crippen molar-refractivity contribution in [3.63, 3.8) is 0 Å². The average Bonchev–Trinajstić information content (AvgIpc) is 3.34. The van der Waals surface area contributed by atoms with Gasteiger partial charge in [0, 0.05) is 37.9 Å². The number of hydrogen-bond donors (Lipinski definition) is 2. The van der Waals surface area contributed by atoms with Gasteiger partial charge in [-0.05, 0) is 53.6 Å². The zero-order chi connectivity index (χ0) is 17.8. The van der Waals surface area contributed by atoms with Gasteiger partial charge in [-0.25, -0.2) is 9.97 Å². The monoisotopic (exact) mass is 345 g/mol. The summed E-state index contributed by atoms with van der Waals surface area (Å²) in [5.41, 5.74) is 0.920. The van der Waals surface area contributed by atoms with E-state index in [1.165, 1.54) is 25.9 Å². The standard InChI is InChI=1S/C12H17N5.C6H14N2/c1-16(2)9-4-6-17(7-9)12-10-3-5-13-11(10)14-8-15-12;1-8(2)6-3-4-7-5-6/h3,5,8-9H,4,6-7H2,1-2H3,(H,13,14,15);6-7H,3-5H2,1-2H3. The summed E-state index contributed by atoms with van der Waals surface area (Å²) < 4.78 is 0. The Kier molecular flexibility index (Phi) is 5.88. The van der Waals surface area contributed by atoms with Gasteiger partial charge < -0.3 is 25.0 Å². The third-order valence-corrected chi connectivity index (χ3v) is 5.29. The van der Waals surface area contributed by atoms with Crippen molar-refractivity contribution in [2.75, 3.05) is 59.3 Å². The summed E-state index contributed by atoms with van der Waals surface area (Å²) in [6.07, 6.45) is 6.06. The number of nitrogens with zero attached hydrogens (tertiary/aromatic N) is 5. The molecule has 7 heteroatoms. The minimum atomic E-state index is 0.624. The number of rotatable bonds is 3. The quantitative estimate of drug-likeness (QED) is 0.866. The topological polar surface area (TPSA) is 63.3 Å². The zero-order valence-electron chi connectivity index (χ0n) is 15.9. The SMILES string of the molecule is CN(C)C1CCN(c2ncnc3[nH]ccc23)C1.CN(C)C1CCNC1. The molecule has 0 radical (unpaired) electrons. The molecule has 0 saturated carbocycles. The molecular weight excluding hydrogens is 314 g/mol. The van der Waals surface area contributed by atoms with Crippen molar-refractivity contribution in [1.29, 1.82) is 0 Å². The van der Waals surface area contributed by atoms with E-state index in [9.17, 15) is 0 Å². The minimum absolute atomic E-state index is 0.624. The molecule has 2 saturated heterocycles. The van der Waals surface area contributed by atoms with Gasteiger partial charge in [0.25, 0.3) is 0 Å². The van der Waals surface area contributed by atoms with Crippen LogP contribution in [0.3, 0.4) is 0 Å². The van der Waals surface area contributed by atoms with Gasteiger partial charge >= 0.3 is 0 Å². The first kappa shape index (κ1) is 18.1. The number of aromatic nitrogens is 3. The van der Waals surface area contributed by atoms with E-state index >= 15 is 0 Å². The van der Waals surface area contributed by atoms with Crippen molar-refractivity contribution in [3.8, 4) is 0 Å². The fraction of sp³-hybridized carbons (Fsp3) is 0.667. The third kappa shape index (κ3) is 4.29. The molecule has 4 rings (SSSR count). The molecule has 0 bridgehead atoms.